The van der Waals surface area contributed by atoms with Gasteiger partial charge in [0, 0.05) is 10.9 Å². The maximum absolute atomic E-state index is 11.9. The molecule has 24 heavy (non-hydrogen) atoms. The van der Waals surface area contributed by atoms with Crippen molar-refractivity contribution in [2.24, 2.45) is 0 Å². The van der Waals surface area contributed by atoms with E-state index in [0.29, 0.717) is 26.0 Å². The van der Waals surface area contributed by atoms with E-state index in [-0.39, 0.29) is 5.91 Å². The summed E-state index contributed by atoms with van der Waals surface area (Å²) in [7, 11) is 0. The average molecular weight is 388 g/mol. The Hall–Kier alpha value is -2.34. The number of fused-ring (bicyclic) bond motifs is 1. The number of halogens is 1. The predicted molar refractivity (Wildman–Crippen MR) is 96.8 cm³/mol. The lowest BCUT2D eigenvalue weighted by atomic mass is 10.3. The van der Waals surface area contributed by atoms with Crippen molar-refractivity contribution >= 4 is 32.9 Å². The number of carbonyl (C=O) groups is 1. The van der Waals surface area contributed by atoms with Crippen molar-refractivity contribution in [2.75, 3.05) is 6.61 Å². The van der Waals surface area contributed by atoms with E-state index in [4.69, 9.17) is 4.74 Å². The molecule has 2 aromatic carbocycles. The number of H-pyrrole nitrogens is 1. The van der Waals surface area contributed by atoms with Crippen molar-refractivity contribution in [3.05, 3.63) is 58.8 Å². The average Bonchev–Trinajstić information content (AvgIpc) is 3.01. The number of aromatic nitrogens is 2. The minimum absolute atomic E-state index is 0.00476. The van der Waals surface area contributed by atoms with E-state index in [1.807, 2.05) is 48.5 Å². The number of amides is 1. The first-order chi connectivity index (χ1) is 11.7. The third-order valence-corrected chi connectivity index (χ3v) is 4.05. The minimum atomic E-state index is -0.00476. The molecular weight excluding hydrogens is 370 g/mol. The van der Waals surface area contributed by atoms with E-state index in [1.165, 1.54) is 0 Å². The summed E-state index contributed by atoms with van der Waals surface area (Å²) in [5, 5.41) is 2.87. The van der Waals surface area contributed by atoms with Gasteiger partial charge in [0.25, 0.3) is 0 Å². The van der Waals surface area contributed by atoms with Crippen LogP contribution in [-0.2, 0) is 11.3 Å². The summed E-state index contributed by atoms with van der Waals surface area (Å²) in [6.07, 6.45) is 1.10. The van der Waals surface area contributed by atoms with Crippen LogP contribution in [0.3, 0.4) is 0 Å². The Balaban J connectivity index is 1.37. The van der Waals surface area contributed by atoms with Gasteiger partial charge in [-0.1, -0.05) is 28.1 Å². The molecule has 1 amide bonds. The standard InChI is InChI=1S/C18H18BrN3O2/c19-13-7-9-14(10-8-13)24-11-3-6-18(23)20-12-17-21-15-4-1-2-5-16(15)22-17/h1-2,4-5,7-10H,3,6,11-12H2,(H,20,23)(H,21,22). The number of ether oxygens (including phenoxy) is 1. The van der Waals surface area contributed by atoms with Crippen LogP contribution in [-0.4, -0.2) is 22.5 Å². The highest BCUT2D eigenvalue weighted by atomic mass is 79.9. The lowest BCUT2D eigenvalue weighted by Crippen LogP contribution is -2.23. The maximum atomic E-state index is 11.9. The first-order valence-electron chi connectivity index (χ1n) is 7.79. The first-order valence-corrected chi connectivity index (χ1v) is 8.59. The van der Waals surface area contributed by atoms with E-state index in [9.17, 15) is 4.79 Å². The van der Waals surface area contributed by atoms with Crippen molar-refractivity contribution in [3.63, 3.8) is 0 Å². The number of carbonyl (C=O) groups excluding carboxylic acids is 1. The topological polar surface area (TPSA) is 67.0 Å². The molecule has 0 unspecified atom stereocenters. The first kappa shape index (κ1) is 16.5. The van der Waals surface area contributed by atoms with Gasteiger partial charge in [0.1, 0.15) is 11.6 Å². The number of aromatic amines is 1. The number of rotatable bonds is 7. The molecule has 0 aliphatic heterocycles. The number of hydrogen-bond acceptors (Lipinski definition) is 3. The van der Waals surface area contributed by atoms with Gasteiger partial charge in [-0.15, -0.1) is 0 Å². The van der Waals surface area contributed by atoms with Gasteiger partial charge in [0.2, 0.25) is 5.91 Å². The Morgan fingerprint density at radius 2 is 1.96 bits per heavy atom. The summed E-state index contributed by atoms with van der Waals surface area (Å²) in [6, 6.07) is 15.4. The highest BCUT2D eigenvalue weighted by molar-refractivity contribution is 9.10. The fourth-order valence-electron chi connectivity index (χ4n) is 2.31. The summed E-state index contributed by atoms with van der Waals surface area (Å²) >= 11 is 3.38. The molecule has 0 spiro atoms. The Bertz CT molecular complexity index is 782. The second-order valence-corrected chi connectivity index (χ2v) is 6.30. The van der Waals surface area contributed by atoms with Crippen LogP contribution in [0, 0.1) is 0 Å². The molecule has 0 bridgehead atoms. The number of hydrogen-bond donors (Lipinski definition) is 2. The van der Waals surface area contributed by atoms with Gasteiger partial charge in [0.05, 0.1) is 24.2 Å². The molecule has 3 aromatic rings. The lowest BCUT2D eigenvalue weighted by molar-refractivity contribution is -0.121. The molecule has 0 radical (unpaired) electrons. The van der Waals surface area contributed by atoms with E-state index < -0.39 is 0 Å². The van der Waals surface area contributed by atoms with Crippen LogP contribution in [0.2, 0.25) is 0 Å². The lowest BCUT2D eigenvalue weighted by Gasteiger charge is -2.06. The monoisotopic (exact) mass is 387 g/mol. The van der Waals surface area contributed by atoms with Crippen LogP contribution in [0.5, 0.6) is 5.75 Å². The fourth-order valence-corrected chi connectivity index (χ4v) is 2.58. The zero-order chi connectivity index (χ0) is 16.8. The Kier molecular flexibility index (Phi) is 5.48. The summed E-state index contributed by atoms with van der Waals surface area (Å²) in [6.45, 7) is 0.917. The van der Waals surface area contributed by atoms with Crippen molar-refractivity contribution < 1.29 is 9.53 Å². The second kappa shape index (κ2) is 7.97. The Labute approximate surface area is 148 Å². The molecule has 0 aliphatic carbocycles. The summed E-state index contributed by atoms with van der Waals surface area (Å²) in [4.78, 5) is 19.5. The Morgan fingerprint density at radius 1 is 1.17 bits per heavy atom. The second-order valence-electron chi connectivity index (χ2n) is 5.38. The van der Waals surface area contributed by atoms with E-state index >= 15 is 0 Å². The van der Waals surface area contributed by atoms with Crippen molar-refractivity contribution in [2.45, 2.75) is 19.4 Å². The molecule has 5 nitrogen and oxygen atoms in total. The fraction of sp³-hybridized carbons (Fsp3) is 0.222. The molecule has 1 aromatic heterocycles. The molecule has 0 fully saturated rings. The van der Waals surface area contributed by atoms with Crippen LogP contribution in [0.15, 0.2) is 53.0 Å². The van der Waals surface area contributed by atoms with Crippen LogP contribution < -0.4 is 10.1 Å². The van der Waals surface area contributed by atoms with Crippen LogP contribution in [0.4, 0.5) is 0 Å². The Morgan fingerprint density at radius 3 is 2.75 bits per heavy atom. The van der Waals surface area contributed by atoms with Gasteiger partial charge in [-0.05, 0) is 42.8 Å². The van der Waals surface area contributed by atoms with Crippen molar-refractivity contribution in [3.8, 4) is 5.75 Å². The number of benzene rings is 2. The predicted octanol–water partition coefficient (Wildman–Crippen LogP) is 3.80. The van der Waals surface area contributed by atoms with E-state index in [1.54, 1.807) is 0 Å². The zero-order valence-corrected chi connectivity index (χ0v) is 14.7. The molecule has 6 heteroatoms. The van der Waals surface area contributed by atoms with Gasteiger partial charge in [0.15, 0.2) is 0 Å². The molecule has 0 aliphatic rings. The highest BCUT2D eigenvalue weighted by Crippen LogP contribution is 2.16. The number of imidazole rings is 1. The number of para-hydroxylation sites is 2. The summed E-state index contributed by atoms with van der Waals surface area (Å²) in [5.74, 6) is 1.56. The normalized spacial score (nSPS) is 10.7. The van der Waals surface area contributed by atoms with Crippen LogP contribution in [0.1, 0.15) is 18.7 Å². The molecule has 1 heterocycles. The minimum Gasteiger partial charge on any atom is -0.494 e. The molecule has 0 atom stereocenters. The molecule has 2 N–H and O–H groups in total. The van der Waals surface area contributed by atoms with Crippen molar-refractivity contribution in [1.29, 1.82) is 0 Å². The molecular formula is C18H18BrN3O2. The smallest absolute Gasteiger partial charge is 0.220 e. The highest BCUT2D eigenvalue weighted by Gasteiger charge is 2.05. The van der Waals surface area contributed by atoms with Crippen molar-refractivity contribution in [1.82, 2.24) is 15.3 Å². The van der Waals surface area contributed by atoms with Gasteiger partial charge in [-0.2, -0.15) is 0 Å². The third-order valence-electron chi connectivity index (χ3n) is 3.52. The van der Waals surface area contributed by atoms with Gasteiger partial charge >= 0.3 is 0 Å². The van der Waals surface area contributed by atoms with Crippen LogP contribution >= 0.6 is 15.9 Å². The van der Waals surface area contributed by atoms with Gasteiger partial charge in [-0.25, -0.2) is 4.98 Å². The quantitative estimate of drug-likeness (QED) is 0.605. The SMILES string of the molecule is O=C(CCCOc1ccc(Br)cc1)NCc1nc2ccccc2[nH]1. The van der Waals surface area contributed by atoms with E-state index in [0.717, 1.165) is 27.1 Å². The summed E-state index contributed by atoms with van der Waals surface area (Å²) in [5.41, 5.74) is 1.88. The number of nitrogens with zero attached hydrogens (tertiary/aromatic N) is 1. The molecule has 0 saturated heterocycles. The maximum Gasteiger partial charge on any atom is 0.220 e. The van der Waals surface area contributed by atoms with Crippen LogP contribution in [0.25, 0.3) is 11.0 Å². The molecule has 3 rings (SSSR count). The molecule has 124 valence electrons. The van der Waals surface area contributed by atoms with Gasteiger partial charge < -0.3 is 15.0 Å². The third kappa shape index (κ3) is 4.58. The largest absolute Gasteiger partial charge is 0.494 e. The zero-order valence-electron chi connectivity index (χ0n) is 13.1. The molecule has 0 saturated carbocycles. The number of nitrogens with one attached hydrogen (secondary N) is 2. The van der Waals surface area contributed by atoms with Gasteiger partial charge in [-0.3, -0.25) is 4.79 Å². The van der Waals surface area contributed by atoms with E-state index in [2.05, 4.69) is 31.2 Å². The summed E-state index contributed by atoms with van der Waals surface area (Å²) < 4.78 is 6.61.